The Bertz CT molecular complexity index is 1290. The minimum Gasteiger partial charge on any atom is -0.497 e. The smallest absolute Gasteiger partial charge is 0.251 e. The van der Waals surface area contributed by atoms with Gasteiger partial charge in [0.25, 0.3) is 5.91 Å². The van der Waals surface area contributed by atoms with Crippen LogP contribution in [0.3, 0.4) is 0 Å². The molecule has 0 saturated carbocycles. The lowest BCUT2D eigenvalue weighted by molar-refractivity contribution is 0.0955. The average molecular weight is 465 g/mol. The van der Waals surface area contributed by atoms with E-state index in [2.05, 4.69) is 20.7 Å². The van der Waals surface area contributed by atoms with Crippen LogP contribution in [0.1, 0.15) is 35.9 Å². The number of hydrogen-bond acceptors (Lipinski definition) is 6. The summed E-state index contributed by atoms with van der Waals surface area (Å²) in [6, 6.07) is 14.5. The van der Waals surface area contributed by atoms with Crippen molar-refractivity contribution in [3.63, 3.8) is 0 Å². The van der Waals surface area contributed by atoms with Crippen molar-refractivity contribution in [2.24, 2.45) is 0 Å². The van der Waals surface area contributed by atoms with Gasteiger partial charge in [-0.05, 0) is 30.3 Å². The molecular weight excluding hydrogens is 440 g/mol. The molecule has 0 radical (unpaired) electrons. The lowest BCUT2D eigenvalue weighted by Crippen LogP contribution is -2.29. The first kappa shape index (κ1) is 22.5. The molecule has 2 N–H and O–H groups in total. The number of carbonyl (C=O) groups excluding carboxylic acids is 1. The average Bonchev–Trinajstić information content (AvgIpc) is 3.26. The van der Waals surface area contributed by atoms with E-state index in [0.717, 1.165) is 11.1 Å². The third kappa shape index (κ3) is 4.90. The van der Waals surface area contributed by atoms with Crippen molar-refractivity contribution < 1.29 is 9.53 Å². The number of halogens is 1. The number of anilines is 1. The third-order valence-corrected chi connectivity index (χ3v) is 5.40. The maximum absolute atomic E-state index is 12.4. The van der Waals surface area contributed by atoms with Crippen molar-refractivity contribution in [2.75, 3.05) is 25.5 Å². The van der Waals surface area contributed by atoms with Gasteiger partial charge in [-0.1, -0.05) is 43.6 Å². The molecule has 0 aliphatic rings. The Balaban J connectivity index is 1.52. The Morgan fingerprint density at radius 2 is 1.94 bits per heavy atom. The van der Waals surface area contributed by atoms with Crippen molar-refractivity contribution in [3.8, 4) is 11.4 Å². The molecule has 0 spiro atoms. The van der Waals surface area contributed by atoms with E-state index in [-0.39, 0.29) is 11.8 Å². The van der Waals surface area contributed by atoms with E-state index in [4.69, 9.17) is 21.3 Å². The van der Waals surface area contributed by atoms with E-state index in [9.17, 15) is 4.79 Å². The fourth-order valence-corrected chi connectivity index (χ4v) is 3.56. The third-order valence-electron chi connectivity index (χ3n) is 5.08. The Hall–Kier alpha value is -3.65. The molecule has 0 fully saturated rings. The quantitative estimate of drug-likeness (QED) is 0.374. The van der Waals surface area contributed by atoms with Gasteiger partial charge in [-0.2, -0.15) is 5.10 Å². The second-order valence-corrected chi connectivity index (χ2v) is 8.15. The van der Waals surface area contributed by atoms with Crippen molar-refractivity contribution in [2.45, 2.75) is 19.8 Å². The second-order valence-electron chi connectivity index (χ2n) is 7.74. The Labute approximate surface area is 197 Å². The number of amides is 1. The van der Waals surface area contributed by atoms with Gasteiger partial charge in [-0.3, -0.25) is 4.79 Å². The first-order chi connectivity index (χ1) is 16.0. The largest absolute Gasteiger partial charge is 0.497 e. The molecule has 1 amide bonds. The molecule has 0 bridgehead atoms. The lowest BCUT2D eigenvalue weighted by Gasteiger charge is -2.12. The van der Waals surface area contributed by atoms with E-state index < -0.39 is 0 Å². The van der Waals surface area contributed by atoms with Crippen molar-refractivity contribution in [1.29, 1.82) is 0 Å². The molecule has 0 atom stereocenters. The molecule has 0 saturated heterocycles. The number of hydrogen-bond donors (Lipinski definition) is 2. The number of rotatable bonds is 8. The molecule has 9 heteroatoms. The Morgan fingerprint density at radius 1 is 1.12 bits per heavy atom. The molecule has 2 heterocycles. The van der Waals surface area contributed by atoms with Crippen LogP contribution in [0.4, 0.5) is 5.82 Å². The topological polar surface area (TPSA) is 94.0 Å². The second kappa shape index (κ2) is 9.87. The normalized spacial score (nSPS) is 11.1. The molecular formula is C24H25ClN6O2. The highest BCUT2D eigenvalue weighted by Gasteiger charge is 2.17. The SMILES string of the molecule is COc1cccc(C(=O)NCCNc2nc(C(C)C)nc3c2cnn3-c2ccccc2Cl)c1. The summed E-state index contributed by atoms with van der Waals surface area (Å²) in [6.07, 6.45) is 1.72. The molecule has 170 valence electrons. The molecule has 0 aliphatic carbocycles. The summed E-state index contributed by atoms with van der Waals surface area (Å²) in [6.45, 7) is 4.97. The maximum atomic E-state index is 12.4. The molecule has 0 aliphatic heterocycles. The zero-order valence-electron chi connectivity index (χ0n) is 18.7. The number of carbonyl (C=O) groups is 1. The molecule has 2 aromatic heterocycles. The van der Waals surface area contributed by atoms with Gasteiger partial charge in [-0.25, -0.2) is 14.6 Å². The summed E-state index contributed by atoms with van der Waals surface area (Å²) in [7, 11) is 1.57. The fourth-order valence-electron chi connectivity index (χ4n) is 3.34. The van der Waals surface area contributed by atoms with Gasteiger partial charge < -0.3 is 15.4 Å². The van der Waals surface area contributed by atoms with Gasteiger partial charge in [0.1, 0.15) is 17.4 Å². The monoisotopic (exact) mass is 464 g/mol. The van der Waals surface area contributed by atoms with E-state index in [1.807, 2.05) is 38.1 Å². The number of benzene rings is 2. The fraction of sp³-hybridized carbons (Fsp3) is 0.250. The van der Waals surface area contributed by atoms with Gasteiger partial charge in [0, 0.05) is 24.6 Å². The summed E-state index contributed by atoms with van der Waals surface area (Å²) in [4.78, 5) is 21.9. The number of nitrogens with zero attached hydrogens (tertiary/aromatic N) is 4. The standard InChI is InChI=1S/C24H25ClN6O2/c1-15(2)21-29-22(26-11-12-27-24(32)16-7-6-8-17(13-16)33-3)18-14-28-31(23(18)30-21)20-10-5-4-9-19(20)25/h4-10,13-15H,11-12H2,1-3H3,(H,27,32)(H,26,29,30). The minimum absolute atomic E-state index is 0.123. The number of fused-ring (bicyclic) bond motifs is 1. The summed E-state index contributed by atoms with van der Waals surface area (Å²) >= 11 is 6.39. The Kier molecular flexibility index (Phi) is 6.74. The lowest BCUT2D eigenvalue weighted by atomic mass is 10.2. The number of ether oxygens (including phenoxy) is 1. The highest BCUT2D eigenvalue weighted by Crippen LogP contribution is 2.27. The summed E-state index contributed by atoms with van der Waals surface area (Å²) in [5, 5.41) is 12.1. The van der Waals surface area contributed by atoms with Crippen LogP contribution in [-0.2, 0) is 0 Å². The predicted octanol–water partition coefficient (Wildman–Crippen LogP) is 4.44. The van der Waals surface area contributed by atoms with Crippen molar-refractivity contribution in [3.05, 3.63) is 71.1 Å². The zero-order chi connectivity index (χ0) is 23.4. The van der Waals surface area contributed by atoms with Crippen LogP contribution in [-0.4, -0.2) is 45.9 Å². The van der Waals surface area contributed by atoms with Gasteiger partial charge in [0.05, 0.1) is 29.4 Å². The Morgan fingerprint density at radius 3 is 2.70 bits per heavy atom. The van der Waals surface area contributed by atoms with Crippen LogP contribution in [0.2, 0.25) is 5.02 Å². The van der Waals surface area contributed by atoms with Crippen molar-refractivity contribution in [1.82, 2.24) is 25.1 Å². The molecule has 2 aromatic carbocycles. The zero-order valence-corrected chi connectivity index (χ0v) is 19.4. The van der Waals surface area contributed by atoms with Crippen LogP contribution in [0, 0.1) is 0 Å². The predicted molar refractivity (Wildman–Crippen MR) is 130 cm³/mol. The van der Waals surface area contributed by atoms with Crippen LogP contribution in [0.5, 0.6) is 5.75 Å². The van der Waals surface area contributed by atoms with E-state index >= 15 is 0 Å². The van der Waals surface area contributed by atoms with E-state index in [1.54, 1.807) is 42.3 Å². The number of nitrogens with one attached hydrogen (secondary N) is 2. The summed E-state index contributed by atoms with van der Waals surface area (Å²) in [5.74, 6) is 1.95. The molecule has 4 rings (SSSR count). The van der Waals surface area contributed by atoms with Gasteiger partial charge >= 0.3 is 0 Å². The van der Waals surface area contributed by atoms with Gasteiger partial charge in [0.15, 0.2) is 5.65 Å². The summed E-state index contributed by atoms with van der Waals surface area (Å²) < 4.78 is 6.90. The van der Waals surface area contributed by atoms with Crippen LogP contribution >= 0.6 is 11.6 Å². The highest BCUT2D eigenvalue weighted by molar-refractivity contribution is 6.32. The van der Waals surface area contributed by atoms with Gasteiger partial charge in [-0.15, -0.1) is 0 Å². The van der Waals surface area contributed by atoms with Crippen LogP contribution in [0.25, 0.3) is 16.7 Å². The molecule has 0 unspecified atom stereocenters. The number of aromatic nitrogens is 4. The van der Waals surface area contributed by atoms with Crippen LogP contribution in [0.15, 0.2) is 54.7 Å². The van der Waals surface area contributed by atoms with Gasteiger partial charge in [0.2, 0.25) is 0 Å². The van der Waals surface area contributed by atoms with Crippen LogP contribution < -0.4 is 15.4 Å². The first-order valence-corrected chi connectivity index (χ1v) is 11.0. The molecule has 4 aromatic rings. The number of para-hydroxylation sites is 1. The summed E-state index contributed by atoms with van der Waals surface area (Å²) in [5.41, 5.74) is 1.96. The first-order valence-electron chi connectivity index (χ1n) is 10.6. The minimum atomic E-state index is -0.169. The maximum Gasteiger partial charge on any atom is 0.251 e. The van der Waals surface area contributed by atoms with E-state index in [0.29, 0.717) is 46.7 Å². The molecule has 33 heavy (non-hydrogen) atoms. The molecule has 8 nitrogen and oxygen atoms in total. The van der Waals surface area contributed by atoms with E-state index in [1.165, 1.54) is 0 Å². The van der Waals surface area contributed by atoms with Crippen molar-refractivity contribution >= 4 is 34.4 Å². The highest BCUT2D eigenvalue weighted by atomic mass is 35.5. The number of methoxy groups -OCH3 is 1.